The highest BCUT2D eigenvalue weighted by molar-refractivity contribution is 6.31. The molecule has 0 aromatic carbocycles. The van der Waals surface area contributed by atoms with Crippen LogP contribution in [-0.2, 0) is 6.54 Å². The van der Waals surface area contributed by atoms with E-state index in [1.54, 1.807) is 12.5 Å². The lowest BCUT2D eigenvalue weighted by atomic mass is 10.5. The largest absolute Gasteiger partial charge is 0.430 e. The molecular formula is C9H11ClN4O. The molecular weight excluding hydrogens is 216 g/mol. The van der Waals surface area contributed by atoms with Crippen LogP contribution in [0.25, 0.3) is 6.01 Å². The van der Waals surface area contributed by atoms with Gasteiger partial charge < -0.3 is 9.73 Å². The van der Waals surface area contributed by atoms with Crippen molar-refractivity contribution < 1.29 is 4.42 Å². The highest BCUT2D eigenvalue weighted by atomic mass is 35.5. The Morgan fingerprint density at radius 3 is 3.00 bits per heavy atom. The number of hydrogen-bond acceptors (Lipinski definition) is 4. The van der Waals surface area contributed by atoms with Crippen molar-refractivity contribution in [2.75, 3.05) is 7.05 Å². The van der Waals surface area contributed by atoms with E-state index in [9.17, 15) is 0 Å². The van der Waals surface area contributed by atoms with Crippen LogP contribution < -0.4 is 5.32 Å². The first-order chi connectivity index (χ1) is 7.20. The lowest BCUT2D eigenvalue weighted by Gasteiger charge is -1.91. The summed E-state index contributed by atoms with van der Waals surface area (Å²) in [6.07, 6.45) is 3.27. The number of halogens is 1. The molecule has 1 N–H and O–H groups in total. The van der Waals surface area contributed by atoms with Crippen LogP contribution in [-0.4, -0.2) is 21.8 Å². The van der Waals surface area contributed by atoms with Crippen LogP contribution in [0.3, 0.4) is 0 Å². The molecule has 5 nitrogen and oxygen atoms in total. The molecule has 0 spiro atoms. The molecule has 0 saturated carbocycles. The molecule has 2 aromatic heterocycles. The van der Waals surface area contributed by atoms with Gasteiger partial charge in [-0.2, -0.15) is 14.8 Å². The SMILES string of the molecule is CNCc1coc(-n2cc(Cl)c(C)n2)n1. The first kappa shape index (κ1) is 10.2. The molecule has 0 unspecified atom stereocenters. The highest BCUT2D eigenvalue weighted by Gasteiger charge is 2.09. The number of hydrogen-bond donors (Lipinski definition) is 1. The molecule has 0 aliphatic rings. The summed E-state index contributed by atoms with van der Waals surface area (Å²) in [6, 6.07) is 0.426. The van der Waals surface area contributed by atoms with E-state index in [4.69, 9.17) is 16.0 Å². The molecule has 0 saturated heterocycles. The van der Waals surface area contributed by atoms with Gasteiger partial charge >= 0.3 is 6.01 Å². The number of aryl methyl sites for hydroxylation is 1. The fraction of sp³-hybridized carbons (Fsp3) is 0.333. The summed E-state index contributed by atoms with van der Waals surface area (Å²) in [5.41, 5.74) is 1.59. The second-order valence-electron chi connectivity index (χ2n) is 3.16. The van der Waals surface area contributed by atoms with Gasteiger partial charge in [0, 0.05) is 6.54 Å². The highest BCUT2D eigenvalue weighted by Crippen LogP contribution is 2.15. The van der Waals surface area contributed by atoms with Crippen molar-refractivity contribution in [1.29, 1.82) is 0 Å². The molecule has 6 heteroatoms. The van der Waals surface area contributed by atoms with Crippen LogP contribution in [0.2, 0.25) is 5.02 Å². The van der Waals surface area contributed by atoms with Crippen LogP contribution >= 0.6 is 11.6 Å². The van der Waals surface area contributed by atoms with Gasteiger partial charge in [-0.05, 0) is 14.0 Å². The zero-order valence-corrected chi connectivity index (χ0v) is 9.25. The summed E-state index contributed by atoms with van der Waals surface area (Å²) in [5.74, 6) is 0. The first-order valence-electron chi connectivity index (χ1n) is 4.52. The average molecular weight is 227 g/mol. The summed E-state index contributed by atoms with van der Waals surface area (Å²) in [4.78, 5) is 4.24. The fourth-order valence-electron chi connectivity index (χ4n) is 1.20. The topological polar surface area (TPSA) is 55.9 Å². The predicted octanol–water partition coefficient (Wildman–Crippen LogP) is 1.54. The van der Waals surface area contributed by atoms with Gasteiger partial charge in [0.2, 0.25) is 0 Å². The minimum Gasteiger partial charge on any atom is -0.430 e. The summed E-state index contributed by atoms with van der Waals surface area (Å²) in [6.45, 7) is 2.49. The minimum absolute atomic E-state index is 0.426. The third-order valence-corrected chi connectivity index (χ3v) is 2.30. The minimum atomic E-state index is 0.426. The fourth-order valence-corrected chi connectivity index (χ4v) is 1.33. The molecule has 2 aromatic rings. The Hall–Kier alpha value is -1.33. The van der Waals surface area contributed by atoms with Crippen molar-refractivity contribution in [2.24, 2.45) is 0 Å². The molecule has 0 fully saturated rings. The first-order valence-corrected chi connectivity index (χ1v) is 4.89. The molecule has 0 aliphatic carbocycles. The Morgan fingerprint density at radius 2 is 2.40 bits per heavy atom. The third-order valence-electron chi connectivity index (χ3n) is 1.93. The molecule has 0 radical (unpaired) electrons. The molecule has 0 bridgehead atoms. The zero-order valence-electron chi connectivity index (χ0n) is 8.49. The lowest BCUT2D eigenvalue weighted by Crippen LogP contribution is -2.05. The summed E-state index contributed by atoms with van der Waals surface area (Å²) >= 11 is 5.88. The summed E-state index contributed by atoms with van der Waals surface area (Å²) in [7, 11) is 1.85. The quantitative estimate of drug-likeness (QED) is 0.863. The molecule has 0 amide bonds. The molecule has 2 heterocycles. The van der Waals surface area contributed by atoms with Gasteiger partial charge in [-0.1, -0.05) is 11.6 Å². The van der Waals surface area contributed by atoms with Gasteiger partial charge in [0.25, 0.3) is 0 Å². The van der Waals surface area contributed by atoms with Crippen LogP contribution in [0.1, 0.15) is 11.4 Å². The van der Waals surface area contributed by atoms with E-state index in [2.05, 4.69) is 15.4 Å². The second-order valence-corrected chi connectivity index (χ2v) is 3.57. The van der Waals surface area contributed by atoms with E-state index in [0.717, 1.165) is 11.4 Å². The van der Waals surface area contributed by atoms with Gasteiger partial charge in [0.05, 0.1) is 22.6 Å². The van der Waals surface area contributed by atoms with Crippen molar-refractivity contribution in [3.05, 3.63) is 28.9 Å². The smallest absolute Gasteiger partial charge is 0.322 e. The third kappa shape index (κ3) is 2.03. The van der Waals surface area contributed by atoms with Crippen molar-refractivity contribution in [2.45, 2.75) is 13.5 Å². The summed E-state index contributed by atoms with van der Waals surface area (Å²) < 4.78 is 6.79. The van der Waals surface area contributed by atoms with Crippen LogP contribution in [0, 0.1) is 6.92 Å². The Bertz CT molecular complexity index is 443. The Balaban J connectivity index is 2.28. The number of nitrogens with one attached hydrogen (secondary N) is 1. The maximum Gasteiger partial charge on any atom is 0.322 e. The van der Waals surface area contributed by atoms with Crippen molar-refractivity contribution in [3.63, 3.8) is 0 Å². The van der Waals surface area contributed by atoms with Crippen LogP contribution in [0.15, 0.2) is 16.9 Å². The number of nitrogens with zero attached hydrogens (tertiary/aromatic N) is 3. The van der Waals surface area contributed by atoms with E-state index >= 15 is 0 Å². The Morgan fingerprint density at radius 1 is 1.60 bits per heavy atom. The van der Waals surface area contributed by atoms with Crippen molar-refractivity contribution in [1.82, 2.24) is 20.1 Å². The monoisotopic (exact) mass is 226 g/mol. The molecule has 80 valence electrons. The van der Waals surface area contributed by atoms with E-state index in [1.165, 1.54) is 4.68 Å². The standard InChI is InChI=1S/C9H11ClN4O/c1-6-8(10)4-14(13-6)9-12-7(3-11-2)5-15-9/h4-5,11H,3H2,1-2H3. The summed E-state index contributed by atoms with van der Waals surface area (Å²) in [5, 5.41) is 7.75. The van der Waals surface area contributed by atoms with Gasteiger partial charge in [0.1, 0.15) is 6.26 Å². The van der Waals surface area contributed by atoms with E-state index in [1.807, 2.05) is 14.0 Å². The Labute approximate surface area is 92.1 Å². The van der Waals surface area contributed by atoms with Crippen LogP contribution in [0.4, 0.5) is 0 Å². The van der Waals surface area contributed by atoms with Gasteiger partial charge in [-0.25, -0.2) is 0 Å². The Kier molecular flexibility index (Phi) is 2.75. The maximum absolute atomic E-state index is 5.88. The second kappa shape index (κ2) is 4.04. The molecule has 0 atom stereocenters. The van der Waals surface area contributed by atoms with Gasteiger partial charge in [-0.15, -0.1) is 0 Å². The van der Waals surface area contributed by atoms with Crippen molar-refractivity contribution >= 4 is 11.6 Å². The van der Waals surface area contributed by atoms with Gasteiger partial charge in [0.15, 0.2) is 0 Å². The number of oxazole rings is 1. The van der Waals surface area contributed by atoms with Crippen molar-refractivity contribution in [3.8, 4) is 6.01 Å². The van der Waals surface area contributed by atoms with Crippen LogP contribution in [0.5, 0.6) is 0 Å². The molecule has 2 rings (SSSR count). The van der Waals surface area contributed by atoms with E-state index in [-0.39, 0.29) is 0 Å². The normalized spacial score (nSPS) is 10.9. The lowest BCUT2D eigenvalue weighted by molar-refractivity contribution is 0.508. The predicted molar refractivity (Wildman–Crippen MR) is 56.1 cm³/mol. The number of aromatic nitrogens is 3. The van der Waals surface area contributed by atoms with E-state index in [0.29, 0.717) is 17.6 Å². The van der Waals surface area contributed by atoms with E-state index < -0.39 is 0 Å². The maximum atomic E-state index is 5.88. The zero-order chi connectivity index (χ0) is 10.8. The molecule has 0 aliphatic heterocycles. The van der Waals surface area contributed by atoms with Gasteiger partial charge in [-0.3, -0.25) is 0 Å². The average Bonchev–Trinajstić information content (AvgIpc) is 2.76. The molecule has 15 heavy (non-hydrogen) atoms. The number of rotatable bonds is 3.